The average Bonchev–Trinajstić information content (AvgIpc) is 2.94. The van der Waals surface area contributed by atoms with Gasteiger partial charge in [0.2, 0.25) is 0 Å². The molecule has 1 saturated heterocycles. The van der Waals surface area contributed by atoms with E-state index in [2.05, 4.69) is 24.3 Å². The first-order valence-electron chi connectivity index (χ1n) is 12.4. The molecule has 0 atom stereocenters. The maximum atomic E-state index is 13.3. The first-order chi connectivity index (χ1) is 19.5. The van der Waals surface area contributed by atoms with Crippen LogP contribution < -0.4 is 9.46 Å². The Balaban J connectivity index is 1.35. The lowest BCUT2D eigenvalue weighted by Crippen LogP contribution is -2.48. The Labute approximate surface area is 238 Å². The highest BCUT2D eigenvalue weighted by Crippen LogP contribution is 2.34. The quantitative estimate of drug-likeness (QED) is 0.318. The fraction of sp³-hybridized carbons (Fsp3) is 0.222. The van der Waals surface area contributed by atoms with Crippen LogP contribution in [0.25, 0.3) is 10.9 Å². The van der Waals surface area contributed by atoms with Crippen molar-refractivity contribution in [2.45, 2.75) is 17.8 Å². The number of amides is 1. The van der Waals surface area contributed by atoms with Gasteiger partial charge in [0.05, 0.1) is 16.2 Å². The molecule has 0 unspecified atom stereocenters. The molecule has 14 heteroatoms. The van der Waals surface area contributed by atoms with E-state index in [-0.39, 0.29) is 16.0 Å². The van der Waals surface area contributed by atoms with Crippen molar-refractivity contribution in [3.63, 3.8) is 0 Å². The molecule has 1 fully saturated rings. The zero-order valence-corrected chi connectivity index (χ0v) is 22.9. The van der Waals surface area contributed by atoms with E-state index in [0.717, 1.165) is 17.7 Å². The van der Waals surface area contributed by atoms with Gasteiger partial charge in [-0.3, -0.25) is 24.4 Å². The van der Waals surface area contributed by atoms with Gasteiger partial charge in [0.15, 0.2) is 5.75 Å². The number of benzene rings is 2. The lowest BCUT2D eigenvalue weighted by molar-refractivity contribution is -0.274. The number of anilines is 1. The molecular formula is C27H23ClF3N5O4S. The molecule has 1 N–H and O–H groups in total. The Morgan fingerprint density at radius 2 is 1.78 bits per heavy atom. The van der Waals surface area contributed by atoms with Crippen molar-refractivity contribution < 1.29 is 31.1 Å². The van der Waals surface area contributed by atoms with Crippen LogP contribution in [0.1, 0.15) is 15.9 Å². The molecule has 9 nitrogen and oxygen atoms in total. The molecule has 41 heavy (non-hydrogen) atoms. The zero-order valence-electron chi connectivity index (χ0n) is 21.3. The van der Waals surface area contributed by atoms with E-state index in [1.165, 1.54) is 29.3 Å². The smallest absolute Gasteiger partial charge is 0.404 e. The second-order valence-electron chi connectivity index (χ2n) is 9.23. The molecule has 1 aliphatic rings. The van der Waals surface area contributed by atoms with Gasteiger partial charge in [0.25, 0.3) is 15.9 Å². The Hall–Kier alpha value is -3.94. The maximum Gasteiger partial charge on any atom is 0.573 e. The number of carbonyl (C=O) groups is 1. The Kier molecular flexibility index (Phi) is 8.02. The summed E-state index contributed by atoms with van der Waals surface area (Å²) in [7, 11) is -4.38. The van der Waals surface area contributed by atoms with E-state index in [1.807, 2.05) is 6.07 Å². The van der Waals surface area contributed by atoms with Gasteiger partial charge in [-0.15, -0.1) is 13.2 Å². The molecule has 1 amide bonds. The minimum atomic E-state index is -5.14. The van der Waals surface area contributed by atoms with Gasteiger partial charge in [0, 0.05) is 62.3 Å². The van der Waals surface area contributed by atoms with Crippen molar-refractivity contribution in [1.29, 1.82) is 0 Å². The first kappa shape index (κ1) is 28.6. The molecule has 2 aromatic carbocycles. The molecule has 1 aliphatic heterocycles. The summed E-state index contributed by atoms with van der Waals surface area (Å²) in [6.45, 7) is 2.27. The average molecular weight is 606 g/mol. The Morgan fingerprint density at radius 3 is 2.51 bits per heavy atom. The minimum Gasteiger partial charge on any atom is -0.404 e. The van der Waals surface area contributed by atoms with E-state index < -0.39 is 33.7 Å². The SMILES string of the molecule is O=C(c1ccc(NS(=O)(=O)c2cccc3cccnc23)c(OC(F)(F)F)c1)N1CCN(Cc2ccncc2Cl)CC1. The van der Waals surface area contributed by atoms with Crippen LogP contribution >= 0.6 is 11.6 Å². The van der Waals surface area contributed by atoms with Gasteiger partial charge in [-0.2, -0.15) is 0 Å². The van der Waals surface area contributed by atoms with Crippen molar-refractivity contribution in [3.05, 3.63) is 89.3 Å². The second-order valence-corrected chi connectivity index (χ2v) is 11.3. The molecule has 0 spiro atoms. The van der Waals surface area contributed by atoms with Crippen LogP contribution in [-0.2, 0) is 16.6 Å². The summed E-state index contributed by atoms with van der Waals surface area (Å²) in [5, 5.41) is 1.07. The van der Waals surface area contributed by atoms with E-state index in [0.29, 0.717) is 43.1 Å². The van der Waals surface area contributed by atoms with Gasteiger partial charge in [0.1, 0.15) is 4.90 Å². The zero-order chi connectivity index (χ0) is 29.2. The molecule has 214 valence electrons. The highest BCUT2D eigenvalue weighted by molar-refractivity contribution is 7.93. The standard InChI is InChI=1S/C27H23ClF3N5O4S/c28-21-16-32-10-8-20(21)17-35-11-13-36(14-12-35)26(37)19-6-7-22(23(15-19)40-27(29,30)31)34-41(38,39)24-5-1-3-18-4-2-9-33-25(18)24/h1-10,15-16,34H,11-14,17H2. The third-order valence-electron chi connectivity index (χ3n) is 6.49. The molecule has 5 rings (SSSR count). The summed E-state index contributed by atoms with van der Waals surface area (Å²) in [5.74, 6) is -1.36. The van der Waals surface area contributed by atoms with E-state index in [4.69, 9.17) is 11.6 Å². The Bertz CT molecular complexity index is 1690. The lowest BCUT2D eigenvalue weighted by Gasteiger charge is -2.35. The topological polar surface area (TPSA) is 105 Å². The summed E-state index contributed by atoms with van der Waals surface area (Å²) >= 11 is 6.19. The van der Waals surface area contributed by atoms with Gasteiger partial charge >= 0.3 is 6.36 Å². The fourth-order valence-electron chi connectivity index (χ4n) is 4.51. The molecule has 2 aromatic heterocycles. The summed E-state index contributed by atoms with van der Waals surface area (Å²) in [6, 6.07) is 12.8. The van der Waals surface area contributed by atoms with Crippen molar-refractivity contribution in [3.8, 4) is 5.75 Å². The lowest BCUT2D eigenvalue weighted by atomic mass is 10.1. The highest BCUT2D eigenvalue weighted by Gasteiger charge is 2.34. The number of nitrogens with zero attached hydrogens (tertiary/aromatic N) is 4. The molecule has 0 aliphatic carbocycles. The minimum absolute atomic E-state index is 0.0790. The molecule has 4 aromatic rings. The molecule has 0 radical (unpaired) electrons. The number of piperazine rings is 1. The molecular weight excluding hydrogens is 583 g/mol. The number of alkyl halides is 3. The fourth-order valence-corrected chi connectivity index (χ4v) is 5.94. The molecule has 3 heterocycles. The number of pyridine rings is 2. The predicted molar refractivity (Wildman–Crippen MR) is 146 cm³/mol. The van der Waals surface area contributed by atoms with E-state index >= 15 is 0 Å². The van der Waals surface area contributed by atoms with Gasteiger partial charge in [-0.1, -0.05) is 29.8 Å². The number of rotatable bonds is 7. The van der Waals surface area contributed by atoms with Gasteiger partial charge < -0.3 is 9.64 Å². The van der Waals surface area contributed by atoms with Crippen molar-refractivity contribution in [2.75, 3.05) is 30.9 Å². The van der Waals surface area contributed by atoms with E-state index in [9.17, 15) is 26.4 Å². The van der Waals surface area contributed by atoms with Crippen LogP contribution in [0, 0.1) is 0 Å². The van der Waals surface area contributed by atoms with Crippen molar-refractivity contribution in [2.24, 2.45) is 0 Å². The summed E-state index contributed by atoms with van der Waals surface area (Å²) in [4.78, 5) is 24.7. The van der Waals surface area contributed by atoms with Crippen LogP contribution in [0.3, 0.4) is 0 Å². The summed E-state index contributed by atoms with van der Waals surface area (Å²) in [5.41, 5.74) is 0.487. The number of aromatic nitrogens is 2. The molecule has 0 bridgehead atoms. The first-order valence-corrected chi connectivity index (χ1v) is 14.2. The number of hydrogen-bond donors (Lipinski definition) is 1. The van der Waals surface area contributed by atoms with Crippen molar-refractivity contribution in [1.82, 2.24) is 19.8 Å². The number of hydrogen-bond acceptors (Lipinski definition) is 7. The monoisotopic (exact) mass is 605 g/mol. The number of carbonyl (C=O) groups excluding carboxylic acids is 1. The third kappa shape index (κ3) is 6.69. The van der Waals surface area contributed by atoms with Crippen LogP contribution in [0.4, 0.5) is 18.9 Å². The van der Waals surface area contributed by atoms with Crippen LogP contribution in [-0.4, -0.2) is 66.6 Å². The summed E-state index contributed by atoms with van der Waals surface area (Å²) in [6.07, 6.45) is -0.527. The summed E-state index contributed by atoms with van der Waals surface area (Å²) < 4.78 is 72.6. The number of ether oxygens (including phenoxy) is 1. The van der Waals surface area contributed by atoms with Crippen LogP contribution in [0.5, 0.6) is 5.75 Å². The van der Waals surface area contributed by atoms with Crippen LogP contribution in [0.15, 0.2) is 78.1 Å². The molecule has 0 saturated carbocycles. The van der Waals surface area contributed by atoms with Crippen molar-refractivity contribution >= 4 is 44.1 Å². The predicted octanol–water partition coefficient (Wildman–Crippen LogP) is 4.94. The number of nitrogens with one attached hydrogen (secondary N) is 1. The number of fused-ring (bicyclic) bond motifs is 1. The normalized spacial score (nSPS) is 14.7. The number of halogens is 4. The Morgan fingerprint density at radius 1 is 1.02 bits per heavy atom. The second kappa shape index (κ2) is 11.5. The van der Waals surface area contributed by atoms with Gasteiger partial charge in [-0.05, 0) is 42.0 Å². The van der Waals surface area contributed by atoms with Crippen LogP contribution in [0.2, 0.25) is 5.02 Å². The highest BCUT2D eigenvalue weighted by atomic mass is 35.5. The largest absolute Gasteiger partial charge is 0.573 e. The number of para-hydroxylation sites is 1. The van der Waals surface area contributed by atoms with E-state index in [1.54, 1.807) is 30.6 Å². The number of sulfonamides is 1. The maximum absolute atomic E-state index is 13.3. The third-order valence-corrected chi connectivity index (χ3v) is 8.23. The van der Waals surface area contributed by atoms with Gasteiger partial charge in [-0.25, -0.2) is 8.42 Å².